The molecule has 0 saturated carbocycles. The molecular formula is C8H10BrF2N3O. The molecule has 1 aliphatic rings. The van der Waals surface area contributed by atoms with Crippen LogP contribution in [0.1, 0.15) is 37.0 Å². The van der Waals surface area contributed by atoms with Gasteiger partial charge in [-0.3, -0.25) is 0 Å². The summed E-state index contributed by atoms with van der Waals surface area (Å²) in [5.41, 5.74) is 0. The second-order valence-corrected chi connectivity index (χ2v) is 4.45. The zero-order valence-corrected chi connectivity index (χ0v) is 9.43. The van der Waals surface area contributed by atoms with Crippen molar-refractivity contribution in [1.82, 2.24) is 15.5 Å². The molecule has 7 heteroatoms. The molecule has 0 spiro atoms. The van der Waals surface area contributed by atoms with Crippen molar-refractivity contribution >= 4 is 15.9 Å². The van der Waals surface area contributed by atoms with Crippen LogP contribution in [0.5, 0.6) is 0 Å². The lowest BCUT2D eigenvalue weighted by Crippen LogP contribution is -2.27. The lowest BCUT2D eigenvalue weighted by molar-refractivity contribution is 0.0725. The molecule has 1 fully saturated rings. The summed E-state index contributed by atoms with van der Waals surface area (Å²) in [4.78, 5) is 0.425. The summed E-state index contributed by atoms with van der Waals surface area (Å²) in [5.74, 6) is -0.381. The van der Waals surface area contributed by atoms with Gasteiger partial charge in [0.2, 0.25) is 0 Å². The minimum Gasteiger partial charge on any atom is -0.331 e. The van der Waals surface area contributed by atoms with E-state index in [0.29, 0.717) is 5.82 Å². The van der Waals surface area contributed by atoms with Crippen LogP contribution in [0.15, 0.2) is 4.52 Å². The van der Waals surface area contributed by atoms with Crippen molar-refractivity contribution in [2.24, 2.45) is 0 Å². The summed E-state index contributed by atoms with van der Waals surface area (Å²) in [6.07, 6.45) is 2.99. The Bertz CT molecular complexity index is 333. The number of rotatable bonds is 2. The van der Waals surface area contributed by atoms with Crippen LogP contribution in [-0.2, 0) is 4.83 Å². The molecule has 1 atom stereocenters. The van der Waals surface area contributed by atoms with Crippen molar-refractivity contribution in [1.29, 1.82) is 0 Å². The molecule has 1 aromatic rings. The summed E-state index contributed by atoms with van der Waals surface area (Å²) < 4.78 is 30.0. The molecule has 0 amide bonds. The third-order valence-corrected chi connectivity index (χ3v) is 2.65. The van der Waals surface area contributed by atoms with Gasteiger partial charge < -0.3 is 9.84 Å². The summed E-state index contributed by atoms with van der Waals surface area (Å²) in [5, 5.41) is 6.70. The zero-order valence-electron chi connectivity index (χ0n) is 7.84. The van der Waals surface area contributed by atoms with E-state index in [9.17, 15) is 8.78 Å². The van der Waals surface area contributed by atoms with Gasteiger partial charge in [0, 0.05) is 15.9 Å². The lowest BCUT2D eigenvalue weighted by atomic mass is 10.0. The third-order valence-electron chi connectivity index (χ3n) is 2.31. The highest BCUT2D eigenvalue weighted by Gasteiger charge is 2.35. The number of alkyl halides is 3. The highest BCUT2D eigenvalue weighted by Crippen LogP contribution is 2.34. The fraction of sp³-hybridized carbons (Fsp3) is 0.750. The van der Waals surface area contributed by atoms with Crippen LogP contribution < -0.4 is 5.32 Å². The largest absolute Gasteiger partial charge is 0.378 e. The van der Waals surface area contributed by atoms with E-state index in [1.165, 1.54) is 0 Å². The monoisotopic (exact) mass is 281 g/mol. The van der Waals surface area contributed by atoms with Crippen molar-refractivity contribution in [2.75, 3.05) is 6.54 Å². The second-order valence-electron chi connectivity index (χ2n) is 3.46. The maximum absolute atomic E-state index is 12.7. The van der Waals surface area contributed by atoms with Crippen molar-refractivity contribution in [2.45, 2.75) is 30.1 Å². The molecule has 0 aliphatic carbocycles. The zero-order chi connectivity index (χ0) is 10.9. The topological polar surface area (TPSA) is 51.0 Å². The first-order chi connectivity index (χ1) is 7.07. The van der Waals surface area contributed by atoms with Gasteiger partial charge in [-0.25, -0.2) is 0 Å². The summed E-state index contributed by atoms with van der Waals surface area (Å²) in [6, 6.07) is -0.0638. The molecule has 1 unspecified atom stereocenters. The SMILES string of the molecule is FC(F)(Br)c1nc(C2CCCCN2)no1. The molecule has 1 aliphatic heterocycles. The highest BCUT2D eigenvalue weighted by atomic mass is 79.9. The van der Waals surface area contributed by atoms with E-state index in [0.717, 1.165) is 25.8 Å². The van der Waals surface area contributed by atoms with Crippen LogP contribution in [0, 0.1) is 0 Å². The normalized spacial score (nSPS) is 23.0. The number of hydrogen-bond acceptors (Lipinski definition) is 4. The first-order valence-corrected chi connectivity index (χ1v) is 5.51. The standard InChI is InChI=1S/C8H10BrF2N3O/c9-8(10,11)7-13-6(14-15-7)5-3-1-2-4-12-5/h5,12H,1-4H2. The second kappa shape index (κ2) is 4.13. The number of aromatic nitrogens is 2. The Morgan fingerprint density at radius 2 is 2.27 bits per heavy atom. The lowest BCUT2D eigenvalue weighted by Gasteiger charge is -2.19. The van der Waals surface area contributed by atoms with Gasteiger partial charge in [0.05, 0.1) is 6.04 Å². The van der Waals surface area contributed by atoms with Gasteiger partial charge in [0.15, 0.2) is 5.82 Å². The number of halogens is 3. The third kappa shape index (κ3) is 2.52. The Morgan fingerprint density at radius 3 is 2.80 bits per heavy atom. The van der Waals surface area contributed by atoms with Crippen molar-refractivity contribution < 1.29 is 13.3 Å². The Labute approximate surface area is 93.5 Å². The fourth-order valence-corrected chi connectivity index (χ4v) is 1.72. The predicted molar refractivity (Wildman–Crippen MR) is 51.7 cm³/mol. The van der Waals surface area contributed by atoms with Crippen LogP contribution in [-0.4, -0.2) is 16.7 Å². The molecule has 2 heterocycles. The minimum absolute atomic E-state index is 0.0638. The smallest absolute Gasteiger partial charge is 0.331 e. The van der Waals surface area contributed by atoms with Gasteiger partial charge >= 0.3 is 10.7 Å². The average Bonchev–Trinajstić information content (AvgIpc) is 2.67. The Kier molecular flexibility index (Phi) is 3.01. The maximum Gasteiger partial charge on any atom is 0.378 e. The quantitative estimate of drug-likeness (QED) is 0.846. The maximum atomic E-state index is 12.7. The molecular weight excluding hydrogens is 272 g/mol. The van der Waals surface area contributed by atoms with Gasteiger partial charge in [-0.2, -0.15) is 13.8 Å². The van der Waals surface area contributed by atoms with Gasteiger partial charge in [0.1, 0.15) is 0 Å². The van der Waals surface area contributed by atoms with Gasteiger partial charge in [0.25, 0.3) is 0 Å². The van der Waals surface area contributed by atoms with E-state index in [1.54, 1.807) is 0 Å². The van der Waals surface area contributed by atoms with E-state index in [-0.39, 0.29) is 6.04 Å². The van der Waals surface area contributed by atoms with Gasteiger partial charge in [-0.1, -0.05) is 11.6 Å². The van der Waals surface area contributed by atoms with Crippen LogP contribution in [0.3, 0.4) is 0 Å². The van der Waals surface area contributed by atoms with E-state index in [2.05, 4.69) is 35.9 Å². The summed E-state index contributed by atoms with van der Waals surface area (Å²) in [6.45, 7) is 0.860. The molecule has 1 saturated heterocycles. The fourth-order valence-electron chi connectivity index (χ4n) is 1.56. The molecule has 1 aromatic heterocycles. The van der Waals surface area contributed by atoms with Gasteiger partial charge in [-0.05, 0) is 19.4 Å². The van der Waals surface area contributed by atoms with E-state index in [4.69, 9.17) is 0 Å². The van der Waals surface area contributed by atoms with Gasteiger partial charge in [-0.15, -0.1) is 0 Å². The molecule has 1 N–H and O–H groups in total. The molecule has 2 rings (SSSR count). The average molecular weight is 282 g/mol. The molecule has 84 valence electrons. The molecule has 4 nitrogen and oxygen atoms in total. The summed E-state index contributed by atoms with van der Waals surface area (Å²) in [7, 11) is 0. The van der Waals surface area contributed by atoms with Crippen LogP contribution in [0.25, 0.3) is 0 Å². The van der Waals surface area contributed by atoms with Crippen LogP contribution >= 0.6 is 15.9 Å². The number of nitrogens with one attached hydrogen (secondary N) is 1. The van der Waals surface area contributed by atoms with E-state index < -0.39 is 10.7 Å². The number of nitrogens with zero attached hydrogens (tertiary/aromatic N) is 2. The minimum atomic E-state index is -3.24. The van der Waals surface area contributed by atoms with Crippen LogP contribution in [0.2, 0.25) is 0 Å². The molecule has 15 heavy (non-hydrogen) atoms. The molecule has 0 bridgehead atoms. The Hall–Kier alpha value is -0.560. The van der Waals surface area contributed by atoms with E-state index in [1.807, 2.05) is 0 Å². The predicted octanol–water partition coefficient (Wildman–Crippen LogP) is 2.33. The summed E-state index contributed by atoms with van der Waals surface area (Å²) >= 11 is 2.17. The first kappa shape index (κ1) is 10.9. The van der Waals surface area contributed by atoms with Crippen molar-refractivity contribution in [3.05, 3.63) is 11.7 Å². The first-order valence-electron chi connectivity index (χ1n) is 4.71. The van der Waals surface area contributed by atoms with E-state index >= 15 is 0 Å². The molecule has 0 aromatic carbocycles. The number of hydrogen-bond donors (Lipinski definition) is 1. The highest BCUT2D eigenvalue weighted by molar-refractivity contribution is 9.09. The van der Waals surface area contributed by atoms with Crippen molar-refractivity contribution in [3.8, 4) is 0 Å². The molecule has 0 radical (unpaired) electrons. The Morgan fingerprint density at radius 1 is 1.47 bits per heavy atom. The van der Waals surface area contributed by atoms with Crippen LogP contribution in [0.4, 0.5) is 8.78 Å². The number of piperidine rings is 1. The Balaban J connectivity index is 2.12. The van der Waals surface area contributed by atoms with Crippen molar-refractivity contribution in [3.63, 3.8) is 0 Å².